The molecule has 0 bridgehead atoms. The molecule has 1 fully saturated rings. The fraction of sp³-hybridized carbons (Fsp3) is 0.500. The normalized spacial score (nSPS) is 22.8. The Balaban J connectivity index is 2.34. The van der Waals surface area contributed by atoms with Crippen LogP contribution in [0.1, 0.15) is 43.5 Å². The highest BCUT2D eigenvalue weighted by Gasteiger charge is 2.34. The van der Waals surface area contributed by atoms with E-state index in [0.717, 1.165) is 31.4 Å². The van der Waals surface area contributed by atoms with E-state index in [1.54, 1.807) is 4.90 Å². The molecule has 0 radical (unpaired) electrons. The summed E-state index contributed by atoms with van der Waals surface area (Å²) in [7, 11) is 0. The zero-order chi connectivity index (χ0) is 14.2. The van der Waals surface area contributed by atoms with Gasteiger partial charge in [-0.3, -0.25) is 4.79 Å². The molecule has 1 aliphatic heterocycles. The summed E-state index contributed by atoms with van der Waals surface area (Å²) in [4.78, 5) is 14.1. The van der Waals surface area contributed by atoms with Gasteiger partial charge in [-0.05, 0) is 38.3 Å². The number of hydrogen-bond donors (Lipinski definition) is 1. The molecule has 5 heteroatoms. The molecule has 0 aliphatic carbocycles. The van der Waals surface area contributed by atoms with E-state index in [1.807, 2.05) is 13.8 Å². The third-order valence-corrected chi connectivity index (χ3v) is 3.82. The Morgan fingerprint density at radius 2 is 1.95 bits per heavy atom. The first-order valence-corrected chi connectivity index (χ1v) is 6.52. The van der Waals surface area contributed by atoms with Crippen molar-refractivity contribution in [3.63, 3.8) is 0 Å². The van der Waals surface area contributed by atoms with Gasteiger partial charge in [-0.2, -0.15) is 0 Å². The average molecular weight is 268 g/mol. The highest BCUT2D eigenvalue weighted by Crippen LogP contribution is 2.28. The summed E-state index contributed by atoms with van der Waals surface area (Å²) in [5.74, 6) is -2.10. The van der Waals surface area contributed by atoms with Crippen molar-refractivity contribution in [2.24, 2.45) is 0 Å². The van der Waals surface area contributed by atoms with Crippen molar-refractivity contribution < 1.29 is 13.6 Å². The van der Waals surface area contributed by atoms with Crippen molar-refractivity contribution in [1.82, 2.24) is 4.90 Å². The third kappa shape index (κ3) is 2.41. The van der Waals surface area contributed by atoms with E-state index < -0.39 is 17.3 Å². The lowest BCUT2D eigenvalue weighted by atomic mass is 10.1. The summed E-state index contributed by atoms with van der Waals surface area (Å²) in [6.07, 6.45) is 2.70. The predicted molar refractivity (Wildman–Crippen MR) is 69.7 cm³/mol. The lowest BCUT2D eigenvalue weighted by molar-refractivity contribution is 0.0675. The standard InChI is InChI=1S/C14H18F2N2O/c1-3-10-5-4-8(2)18(10)14(19)9-6-11(15)13(17)12(16)7-9/h6-8,10H,3-5,17H2,1-2H3. The van der Waals surface area contributed by atoms with Crippen molar-refractivity contribution in [3.8, 4) is 0 Å². The van der Waals surface area contributed by atoms with Crippen molar-refractivity contribution in [1.29, 1.82) is 0 Å². The number of nitrogens with two attached hydrogens (primary N) is 1. The summed E-state index contributed by atoms with van der Waals surface area (Å²) in [5, 5.41) is 0. The zero-order valence-electron chi connectivity index (χ0n) is 11.1. The SMILES string of the molecule is CCC1CCC(C)N1C(=O)c1cc(F)c(N)c(F)c1. The Hall–Kier alpha value is -1.65. The van der Waals surface area contributed by atoms with Gasteiger partial charge < -0.3 is 10.6 Å². The van der Waals surface area contributed by atoms with E-state index in [0.29, 0.717) is 0 Å². The number of halogens is 2. The topological polar surface area (TPSA) is 46.3 Å². The molecule has 0 aromatic heterocycles. The van der Waals surface area contributed by atoms with Gasteiger partial charge >= 0.3 is 0 Å². The van der Waals surface area contributed by atoms with Crippen molar-refractivity contribution >= 4 is 11.6 Å². The first-order valence-electron chi connectivity index (χ1n) is 6.52. The molecular weight excluding hydrogens is 250 g/mol. The number of nitrogen functional groups attached to an aromatic ring is 1. The fourth-order valence-electron chi connectivity index (χ4n) is 2.70. The van der Waals surface area contributed by atoms with Crippen LogP contribution in [0.5, 0.6) is 0 Å². The summed E-state index contributed by atoms with van der Waals surface area (Å²) < 4.78 is 26.9. The van der Waals surface area contributed by atoms with Crippen molar-refractivity contribution in [2.45, 2.75) is 45.2 Å². The lowest BCUT2D eigenvalue weighted by Gasteiger charge is -2.28. The molecular formula is C14H18F2N2O. The van der Waals surface area contributed by atoms with Gasteiger partial charge in [0.25, 0.3) is 5.91 Å². The smallest absolute Gasteiger partial charge is 0.254 e. The molecule has 1 heterocycles. The van der Waals surface area contributed by atoms with Crippen LogP contribution >= 0.6 is 0 Å². The quantitative estimate of drug-likeness (QED) is 0.838. The van der Waals surface area contributed by atoms with E-state index in [9.17, 15) is 13.6 Å². The van der Waals surface area contributed by atoms with Gasteiger partial charge in [0.05, 0.1) is 0 Å². The van der Waals surface area contributed by atoms with Gasteiger partial charge in [0.2, 0.25) is 0 Å². The summed E-state index contributed by atoms with van der Waals surface area (Å²) >= 11 is 0. The van der Waals surface area contributed by atoms with Crippen LogP contribution in [-0.4, -0.2) is 22.9 Å². The molecule has 1 saturated heterocycles. The molecule has 1 aromatic carbocycles. The van der Waals surface area contributed by atoms with Crippen LogP contribution in [0.15, 0.2) is 12.1 Å². The number of hydrogen-bond acceptors (Lipinski definition) is 2. The number of rotatable bonds is 2. The molecule has 104 valence electrons. The second kappa shape index (κ2) is 5.15. The molecule has 2 unspecified atom stereocenters. The minimum Gasteiger partial charge on any atom is -0.394 e. The molecule has 19 heavy (non-hydrogen) atoms. The number of anilines is 1. The average Bonchev–Trinajstić information content (AvgIpc) is 2.75. The van der Waals surface area contributed by atoms with Crippen LogP contribution in [0.3, 0.4) is 0 Å². The Morgan fingerprint density at radius 1 is 1.37 bits per heavy atom. The molecule has 1 aliphatic rings. The van der Waals surface area contributed by atoms with Crippen LogP contribution in [0, 0.1) is 11.6 Å². The predicted octanol–water partition coefficient (Wildman–Crippen LogP) is 2.95. The van der Waals surface area contributed by atoms with Gasteiger partial charge in [-0.15, -0.1) is 0 Å². The minimum absolute atomic E-state index is 0.0244. The maximum atomic E-state index is 13.4. The van der Waals surface area contributed by atoms with Gasteiger partial charge in [0.1, 0.15) is 17.3 Å². The molecule has 0 saturated carbocycles. The highest BCUT2D eigenvalue weighted by molar-refractivity contribution is 5.95. The Morgan fingerprint density at radius 3 is 2.47 bits per heavy atom. The number of likely N-dealkylation sites (tertiary alicyclic amines) is 1. The first-order chi connectivity index (χ1) is 8.95. The number of nitrogens with zero attached hydrogens (tertiary/aromatic N) is 1. The van der Waals surface area contributed by atoms with Gasteiger partial charge in [-0.1, -0.05) is 6.92 Å². The van der Waals surface area contributed by atoms with Crippen molar-refractivity contribution in [3.05, 3.63) is 29.3 Å². The molecule has 2 atom stereocenters. The zero-order valence-corrected chi connectivity index (χ0v) is 11.1. The van der Waals surface area contributed by atoms with E-state index in [-0.39, 0.29) is 23.6 Å². The van der Waals surface area contributed by atoms with E-state index in [2.05, 4.69) is 0 Å². The number of carbonyl (C=O) groups is 1. The second-order valence-electron chi connectivity index (χ2n) is 5.05. The van der Waals surface area contributed by atoms with Crippen LogP contribution in [0.4, 0.5) is 14.5 Å². The lowest BCUT2D eigenvalue weighted by Crippen LogP contribution is -2.39. The van der Waals surface area contributed by atoms with Crippen LogP contribution < -0.4 is 5.73 Å². The van der Waals surface area contributed by atoms with Gasteiger partial charge in [0.15, 0.2) is 0 Å². The molecule has 1 aromatic rings. The summed E-state index contributed by atoms with van der Waals surface area (Å²) in [5.41, 5.74) is 4.69. The second-order valence-corrected chi connectivity index (χ2v) is 5.05. The molecule has 2 rings (SSSR count). The monoisotopic (exact) mass is 268 g/mol. The number of amides is 1. The first kappa shape index (κ1) is 13.8. The number of benzene rings is 1. The maximum Gasteiger partial charge on any atom is 0.254 e. The third-order valence-electron chi connectivity index (χ3n) is 3.82. The molecule has 0 spiro atoms. The maximum absolute atomic E-state index is 13.4. The van der Waals surface area contributed by atoms with E-state index in [1.165, 1.54) is 0 Å². The Bertz CT molecular complexity index is 481. The van der Waals surface area contributed by atoms with Crippen LogP contribution in [-0.2, 0) is 0 Å². The summed E-state index contributed by atoms with van der Waals surface area (Å²) in [6, 6.07) is 2.27. The van der Waals surface area contributed by atoms with Gasteiger partial charge in [0, 0.05) is 17.6 Å². The molecule has 1 amide bonds. The minimum atomic E-state index is -0.886. The fourth-order valence-corrected chi connectivity index (χ4v) is 2.70. The largest absolute Gasteiger partial charge is 0.394 e. The van der Waals surface area contributed by atoms with Gasteiger partial charge in [-0.25, -0.2) is 8.78 Å². The van der Waals surface area contributed by atoms with E-state index >= 15 is 0 Å². The molecule has 2 N–H and O–H groups in total. The molecule has 3 nitrogen and oxygen atoms in total. The summed E-state index contributed by atoms with van der Waals surface area (Å²) in [6.45, 7) is 3.96. The Labute approximate surface area is 111 Å². The highest BCUT2D eigenvalue weighted by atomic mass is 19.1. The van der Waals surface area contributed by atoms with Crippen LogP contribution in [0.2, 0.25) is 0 Å². The van der Waals surface area contributed by atoms with Crippen molar-refractivity contribution in [2.75, 3.05) is 5.73 Å². The van der Waals surface area contributed by atoms with E-state index in [4.69, 9.17) is 5.73 Å². The number of carbonyl (C=O) groups excluding carboxylic acids is 1. The Kier molecular flexibility index (Phi) is 3.73. The van der Waals surface area contributed by atoms with Crippen LogP contribution in [0.25, 0.3) is 0 Å².